The Morgan fingerprint density at radius 3 is 2.83 bits per heavy atom. The van der Waals surface area contributed by atoms with Gasteiger partial charge < -0.3 is 4.74 Å². The third kappa shape index (κ3) is 1.74. The van der Waals surface area contributed by atoms with E-state index in [1.807, 2.05) is 0 Å². The predicted molar refractivity (Wildman–Crippen MR) is 70.2 cm³/mol. The van der Waals surface area contributed by atoms with Crippen molar-refractivity contribution in [2.75, 3.05) is 0 Å². The number of rotatable bonds is 2. The Bertz CT molecular complexity index is 516. The van der Waals surface area contributed by atoms with Gasteiger partial charge in [-0.2, -0.15) is 5.26 Å². The standard InChI is InChI=1S/C16H19NO/c1-11-3-4-12(2)13(7-11)8-16(10-17)9-14-5-6-15(16)18-14/h3-4,7,14-15H,5-6,8-9H2,1-2H3. The number of hydrogen-bond donors (Lipinski definition) is 0. The Hall–Kier alpha value is -1.33. The maximum atomic E-state index is 9.63. The van der Waals surface area contributed by atoms with Gasteiger partial charge in [-0.05, 0) is 50.7 Å². The summed E-state index contributed by atoms with van der Waals surface area (Å²) in [5, 5.41) is 9.63. The van der Waals surface area contributed by atoms with Crippen LogP contribution < -0.4 is 0 Å². The van der Waals surface area contributed by atoms with Crippen molar-refractivity contribution < 1.29 is 4.74 Å². The molecule has 1 aromatic carbocycles. The molecular formula is C16H19NO. The number of ether oxygens (including phenoxy) is 1. The van der Waals surface area contributed by atoms with Crippen molar-refractivity contribution in [3.63, 3.8) is 0 Å². The molecule has 1 aromatic rings. The van der Waals surface area contributed by atoms with Crippen LogP contribution in [0.5, 0.6) is 0 Å². The van der Waals surface area contributed by atoms with E-state index in [4.69, 9.17) is 4.74 Å². The van der Waals surface area contributed by atoms with Gasteiger partial charge in [-0.15, -0.1) is 0 Å². The van der Waals surface area contributed by atoms with E-state index in [0.717, 1.165) is 25.7 Å². The summed E-state index contributed by atoms with van der Waals surface area (Å²) in [5.41, 5.74) is 3.60. The minimum absolute atomic E-state index is 0.160. The fraction of sp³-hybridized carbons (Fsp3) is 0.562. The van der Waals surface area contributed by atoms with E-state index in [0.29, 0.717) is 6.10 Å². The second-order valence-electron chi connectivity index (χ2n) is 5.90. The molecule has 0 spiro atoms. The molecule has 2 heteroatoms. The van der Waals surface area contributed by atoms with Crippen molar-refractivity contribution in [2.24, 2.45) is 5.41 Å². The van der Waals surface area contributed by atoms with Crippen molar-refractivity contribution in [1.29, 1.82) is 5.26 Å². The minimum Gasteiger partial charge on any atom is -0.373 e. The number of nitrogens with zero attached hydrogens (tertiary/aromatic N) is 1. The Kier molecular flexibility index (Phi) is 2.68. The summed E-state index contributed by atoms with van der Waals surface area (Å²) >= 11 is 0. The summed E-state index contributed by atoms with van der Waals surface area (Å²) in [6.07, 6.45) is 4.45. The largest absolute Gasteiger partial charge is 0.373 e. The highest BCUT2D eigenvalue weighted by Crippen LogP contribution is 2.49. The van der Waals surface area contributed by atoms with E-state index in [1.165, 1.54) is 16.7 Å². The van der Waals surface area contributed by atoms with Crippen molar-refractivity contribution in [1.82, 2.24) is 0 Å². The zero-order valence-electron chi connectivity index (χ0n) is 11.1. The highest BCUT2D eigenvalue weighted by atomic mass is 16.5. The molecule has 94 valence electrons. The van der Waals surface area contributed by atoms with Crippen LogP contribution in [-0.2, 0) is 11.2 Å². The molecule has 3 atom stereocenters. The zero-order chi connectivity index (χ0) is 12.8. The minimum atomic E-state index is -0.276. The van der Waals surface area contributed by atoms with E-state index in [9.17, 15) is 5.26 Å². The first-order chi connectivity index (χ1) is 8.63. The molecule has 3 rings (SSSR count). The van der Waals surface area contributed by atoms with Crippen LogP contribution in [0, 0.1) is 30.6 Å². The maximum absolute atomic E-state index is 9.63. The van der Waals surface area contributed by atoms with Gasteiger partial charge in [0.2, 0.25) is 0 Å². The summed E-state index contributed by atoms with van der Waals surface area (Å²) < 4.78 is 5.90. The van der Waals surface area contributed by atoms with Crippen LogP contribution in [0.1, 0.15) is 36.0 Å². The van der Waals surface area contributed by atoms with Crippen molar-refractivity contribution in [3.05, 3.63) is 34.9 Å². The Morgan fingerprint density at radius 1 is 1.39 bits per heavy atom. The second kappa shape index (κ2) is 4.10. The summed E-state index contributed by atoms with van der Waals surface area (Å²) in [7, 11) is 0. The SMILES string of the molecule is Cc1ccc(C)c(CC2(C#N)CC3CCC2O3)c1. The number of nitriles is 1. The maximum Gasteiger partial charge on any atom is 0.0899 e. The molecule has 2 aliphatic rings. The second-order valence-corrected chi connectivity index (χ2v) is 5.90. The van der Waals surface area contributed by atoms with Crippen LogP contribution in [0.4, 0.5) is 0 Å². The molecule has 0 N–H and O–H groups in total. The lowest BCUT2D eigenvalue weighted by Gasteiger charge is -2.29. The van der Waals surface area contributed by atoms with Gasteiger partial charge >= 0.3 is 0 Å². The topological polar surface area (TPSA) is 33.0 Å². The molecule has 3 unspecified atom stereocenters. The number of benzene rings is 1. The fourth-order valence-corrected chi connectivity index (χ4v) is 3.47. The van der Waals surface area contributed by atoms with Gasteiger partial charge in [-0.1, -0.05) is 23.8 Å². The molecule has 0 amide bonds. The highest BCUT2D eigenvalue weighted by molar-refractivity contribution is 5.33. The third-order valence-electron chi connectivity index (χ3n) is 4.55. The van der Waals surface area contributed by atoms with E-state index in [1.54, 1.807) is 0 Å². The number of aryl methyl sites for hydroxylation is 2. The average molecular weight is 241 g/mol. The van der Waals surface area contributed by atoms with E-state index in [-0.39, 0.29) is 11.5 Å². The molecule has 0 aromatic heterocycles. The Balaban J connectivity index is 1.91. The van der Waals surface area contributed by atoms with Crippen LogP contribution in [-0.4, -0.2) is 12.2 Å². The predicted octanol–water partition coefficient (Wildman–Crippen LogP) is 3.31. The molecule has 2 bridgehead atoms. The van der Waals surface area contributed by atoms with Gasteiger partial charge in [0.25, 0.3) is 0 Å². The molecular weight excluding hydrogens is 222 g/mol. The van der Waals surface area contributed by atoms with E-state index in [2.05, 4.69) is 38.1 Å². The van der Waals surface area contributed by atoms with Crippen molar-refractivity contribution in [2.45, 2.75) is 51.7 Å². The normalized spacial score (nSPS) is 33.6. The van der Waals surface area contributed by atoms with Crippen molar-refractivity contribution in [3.8, 4) is 6.07 Å². The molecule has 2 saturated heterocycles. The van der Waals surface area contributed by atoms with Crippen molar-refractivity contribution >= 4 is 0 Å². The molecule has 2 aliphatic heterocycles. The zero-order valence-corrected chi connectivity index (χ0v) is 11.1. The van der Waals surface area contributed by atoms with Crippen LogP contribution in [0.3, 0.4) is 0 Å². The molecule has 18 heavy (non-hydrogen) atoms. The number of fused-ring (bicyclic) bond motifs is 2. The third-order valence-corrected chi connectivity index (χ3v) is 4.55. The van der Waals surface area contributed by atoms with Crippen LogP contribution in [0.25, 0.3) is 0 Å². The lowest BCUT2D eigenvalue weighted by Crippen LogP contribution is -2.33. The lowest BCUT2D eigenvalue weighted by molar-refractivity contribution is 0.0787. The summed E-state index contributed by atoms with van der Waals surface area (Å²) in [4.78, 5) is 0. The smallest absolute Gasteiger partial charge is 0.0899 e. The summed E-state index contributed by atoms with van der Waals surface area (Å²) in [5.74, 6) is 0. The van der Waals surface area contributed by atoms with Gasteiger partial charge in [-0.25, -0.2) is 0 Å². The molecule has 0 saturated carbocycles. The molecule has 2 fully saturated rings. The molecule has 0 radical (unpaired) electrons. The molecule has 0 aliphatic carbocycles. The van der Waals surface area contributed by atoms with Gasteiger partial charge in [-0.3, -0.25) is 0 Å². The number of hydrogen-bond acceptors (Lipinski definition) is 2. The summed E-state index contributed by atoms with van der Waals surface area (Å²) in [6, 6.07) is 9.09. The van der Waals surface area contributed by atoms with Crippen LogP contribution in [0.2, 0.25) is 0 Å². The van der Waals surface area contributed by atoms with E-state index >= 15 is 0 Å². The highest BCUT2D eigenvalue weighted by Gasteiger charge is 2.52. The molecule has 2 heterocycles. The van der Waals surface area contributed by atoms with Crippen LogP contribution >= 0.6 is 0 Å². The summed E-state index contributed by atoms with van der Waals surface area (Å²) in [6.45, 7) is 4.24. The van der Waals surface area contributed by atoms with Gasteiger partial charge in [0.1, 0.15) is 0 Å². The molecule has 2 nitrogen and oxygen atoms in total. The fourth-order valence-electron chi connectivity index (χ4n) is 3.47. The van der Waals surface area contributed by atoms with Gasteiger partial charge in [0.05, 0.1) is 23.7 Å². The average Bonchev–Trinajstić information content (AvgIpc) is 2.94. The first kappa shape index (κ1) is 11.7. The quantitative estimate of drug-likeness (QED) is 0.795. The Morgan fingerprint density at radius 2 is 2.22 bits per heavy atom. The first-order valence-corrected chi connectivity index (χ1v) is 6.76. The Labute approximate surface area is 109 Å². The van der Waals surface area contributed by atoms with Gasteiger partial charge in [0, 0.05) is 0 Å². The monoisotopic (exact) mass is 241 g/mol. The first-order valence-electron chi connectivity index (χ1n) is 6.76. The lowest BCUT2D eigenvalue weighted by atomic mass is 9.71. The van der Waals surface area contributed by atoms with Crippen LogP contribution in [0.15, 0.2) is 18.2 Å². The van der Waals surface area contributed by atoms with E-state index < -0.39 is 0 Å². The van der Waals surface area contributed by atoms with Gasteiger partial charge in [0.15, 0.2) is 0 Å².